The van der Waals surface area contributed by atoms with E-state index in [1.165, 1.54) is 43.2 Å². The van der Waals surface area contributed by atoms with Crippen LogP contribution in [0.2, 0.25) is 0 Å². The van der Waals surface area contributed by atoms with Crippen molar-refractivity contribution in [2.45, 2.75) is 58.0 Å². The summed E-state index contributed by atoms with van der Waals surface area (Å²) in [6, 6.07) is 14.6. The van der Waals surface area contributed by atoms with Gasteiger partial charge in [0.05, 0.1) is 11.0 Å². The Bertz CT molecular complexity index is 828. The number of benzene rings is 2. The summed E-state index contributed by atoms with van der Waals surface area (Å²) < 4.78 is 6.22. The first-order valence-electron chi connectivity index (χ1n) is 9.42. The van der Waals surface area contributed by atoms with Gasteiger partial charge in [-0.1, -0.05) is 37.5 Å². The van der Waals surface area contributed by atoms with Gasteiger partial charge in [-0.15, -0.1) is 0 Å². The van der Waals surface area contributed by atoms with Crippen LogP contribution in [-0.2, 0) is 0 Å². The summed E-state index contributed by atoms with van der Waals surface area (Å²) in [5.41, 5.74) is 4.89. The normalized spacial score (nSPS) is 16.9. The molecule has 0 radical (unpaired) electrons. The molecule has 1 aliphatic rings. The molecule has 1 unspecified atom stereocenters. The summed E-state index contributed by atoms with van der Waals surface area (Å²) in [4.78, 5) is 8.03. The number of H-pyrrole nitrogens is 1. The van der Waals surface area contributed by atoms with Gasteiger partial charge in [0.15, 0.2) is 6.10 Å². The van der Waals surface area contributed by atoms with Gasteiger partial charge in [-0.05, 0) is 68.0 Å². The minimum Gasteiger partial charge on any atom is -0.483 e. The number of rotatable bonds is 4. The van der Waals surface area contributed by atoms with Gasteiger partial charge < -0.3 is 9.72 Å². The van der Waals surface area contributed by atoms with E-state index < -0.39 is 0 Å². The van der Waals surface area contributed by atoms with Crippen molar-refractivity contribution in [1.29, 1.82) is 0 Å². The number of aromatic nitrogens is 2. The quantitative estimate of drug-likeness (QED) is 0.630. The fourth-order valence-corrected chi connectivity index (χ4v) is 3.97. The fourth-order valence-electron chi connectivity index (χ4n) is 3.97. The molecule has 3 heteroatoms. The predicted molar refractivity (Wildman–Crippen MR) is 102 cm³/mol. The number of aryl methyl sites for hydroxylation is 1. The zero-order chi connectivity index (χ0) is 17.2. The van der Waals surface area contributed by atoms with Gasteiger partial charge in [-0.25, -0.2) is 4.98 Å². The fraction of sp³-hybridized carbons (Fsp3) is 0.409. The molecule has 1 N–H and O–H groups in total. The number of nitrogens with one attached hydrogen (secondary N) is 1. The van der Waals surface area contributed by atoms with Crippen LogP contribution in [0.4, 0.5) is 0 Å². The Labute approximate surface area is 149 Å². The summed E-state index contributed by atoms with van der Waals surface area (Å²) in [7, 11) is 0. The average Bonchev–Trinajstić information content (AvgIpc) is 3.08. The molecule has 3 aromatic rings. The Morgan fingerprint density at radius 3 is 2.68 bits per heavy atom. The van der Waals surface area contributed by atoms with Crippen molar-refractivity contribution in [2.24, 2.45) is 0 Å². The molecule has 0 amide bonds. The topological polar surface area (TPSA) is 37.9 Å². The molecule has 3 nitrogen and oxygen atoms in total. The molecule has 1 atom stereocenters. The molecule has 0 bridgehead atoms. The smallest absolute Gasteiger partial charge is 0.153 e. The van der Waals surface area contributed by atoms with Crippen molar-refractivity contribution in [1.82, 2.24) is 9.97 Å². The molecule has 130 valence electrons. The highest BCUT2D eigenvalue weighted by Crippen LogP contribution is 2.36. The molecule has 4 rings (SSSR count). The molecule has 1 saturated carbocycles. The summed E-state index contributed by atoms with van der Waals surface area (Å²) in [6.45, 7) is 4.27. The lowest BCUT2D eigenvalue weighted by Crippen LogP contribution is -2.08. The molecule has 1 fully saturated rings. The van der Waals surface area contributed by atoms with E-state index in [0.29, 0.717) is 5.92 Å². The molecule has 2 aromatic carbocycles. The SMILES string of the molecule is Cc1ccc(OC(C)c2nc3ccccc3[nH]2)cc1C1CCCCC1. The summed E-state index contributed by atoms with van der Waals surface area (Å²) >= 11 is 0. The molecule has 0 saturated heterocycles. The monoisotopic (exact) mass is 334 g/mol. The van der Waals surface area contributed by atoms with E-state index in [0.717, 1.165) is 22.6 Å². The first-order valence-corrected chi connectivity index (χ1v) is 9.42. The maximum absolute atomic E-state index is 6.22. The van der Waals surface area contributed by atoms with E-state index in [1.807, 2.05) is 24.3 Å². The highest BCUT2D eigenvalue weighted by Gasteiger charge is 2.19. The largest absolute Gasteiger partial charge is 0.483 e. The van der Waals surface area contributed by atoms with Crippen molar-refractivity contribution in [2.75, 3.05) is 0 Å². The molecule has 25 heavy (non-hydrogen) atoms. The number of fused-ring (bicyclic) bond motifs is 1. The molecule has 1 aromatic heterocycles. The standard InChI is InChI=1S/C22H26N2O/c1-15-12-13-18(14-19(15)17-8-4-3-5-9-17)25-16(2)22-23-20-10-6-7-11-21(20)24-22/h6-7,10-14,16-17H,3-5,8-9H2,1-2H3,(H,23,24). The Morgan fingerprint density at radius 2 is 1.88 bits per heavy atom. The summed E-state index contributed by atoms with van der Waals surface area (Å²) in [5.74, 6) is 2.51. The van der Waals surface area contributed by atoms with E-state index in [9.17, 15) is 0 Å². The van der Waals surface area contributed by atoms with Crippen LogP contribution < -0.4 is 4.74 Å². The Balaban J connectivity index is 1.55. The van der Waals surface area contributed by atoms with Crippen LogP contribution in [0.5, 0.6) is 5.75 Å². The minimum absolute atomic E-state index is 0.102. The number of imidazole rings is 1. The second-order valence-electron chi connectivity index (χ2n) is 7.25. The number of nitrogens with zero attached hydrogens (tertiary/aromatic N) is 1. The Hall–Kier alpha value is -2.29. The lowest BCUT2D eigenvalue weighted by atomic mass is 9.82. The summed E-state index contributed by atoms with van der Waals surface area (Å²) in [5, 5.41) is 0. The van der Waals surface area contributed by atoms with E-state index in [1.54, 1.807) is 0 Å². The number of hydrogen-bond acceptors (Lipinski definition) is 2. The van der Waals surface area contributed by atoms with Crippen molar-refractivity contribution >= 4 is 11.0 Å². The highest BCUT2D eigenvalue weighted by atomic mass is 16.5. The summed E-state index contributed by atoms with van der Waals surface area (Å²) in [6.07, 6.45) is 6.60. The number of ether oxygens (including phenoxy) is 1. The van der Waals surface area contributed by atoms with E-state index in [4.69, 9.17) is 4.74 Å². The molecule has 0 spiro atoms. The Kier molecular flexibility index (Phi) is 4.48. The lowest BCUT2D eigenvalue weighted by molar-refractivity contribution is 0.217. The zero-order valence-electron chi connectivity index (χ0n) is 15.1. The second-order valence-corrected chi connectivity index (χ2v) is 7.25. The van der Waals surface area contributed by atoms with Crippen LogP contribution in [0.3, 0.4) is 0 Å². The van der Waals surface area contributed by atoms with Crippen LogP contribution in [-0.4, -0.2) is 9.97 Å². The molecular formula is C22H26N2O. The second kappa shape index (κ2) is 6.91. The van der Waals surface area contributed by atoms with Gasteiger partial charge in [-0.3, -0.25) is 0 Å². The van der Waals surface area contributed by atoms with E-state index in [-0.39, 0.29) is 6.10 Å². The molecule has 1 heterocycles. The van der Waals surface area contributed by atoms with Crippen LogP contribution in [0.1, 0.15) is 68.0 Å². The van der Waals surface area contributed by atoms with E-state index >= 15 is 0 Å². The molecule has 0 aliphatic heterocycles. The van der Waals surface area contributed by atoms with Crippen molar-refractivity contribution in [3.63, 3.8) is 0 Å². The third-order valence-electron chi connectivity index (χ3n) is 5.40. The third kappa shape index (κ3) is 3.41. The third-order valence-corrected chi connectivity index (χ3v) is 5.40. The van der Waals surface area contributed by atoms with Gasteiger partial charge in [-0.2, -0.15) is 0 Å². The van der Waals surface area contributed by atoms with E-state index in [2.05, 4.69) is 42.0 Å². The maximum atomic E-state index is 6.22. The van der Waals surface area contributed by atoms with Crippen LogP contribution >= 0.6 is 0 Å². The first kappa shape index (κ1) is 16.2. The van der Waals surface area contributed by atoms with Crippen molar-refractivity contribution < 1.29 is 4.74 Å². The maximum Gasteiger partial charge on any atom is 0.153 e. The van der Waals surface area contributed by atoms with Crippen LogP contribution in [0.25, 0.3) is 11.0 Å². The Morgan fingerprint density at radius 1 is 1.08 bits per heavy atom. The highest BCUT2D eigenvalue weighted by molar-refractivity contribution is 5.74. The lowest BCUT2D eigenvalue weighted by Gasteiger charge is -2.24. The van der Waals surface area contributed by atoms with Crippen LogP contribution in [0, 0.1) is 6.92 Å². The van der Waals surface area contributed by atoms with Gasteiger partial charge >= 0.3 is 0 Å². The number of para-hydroxylation sites is 2. The van der Waals surface area contributed by atoms with Gasteiger partial charge in [0, 0.05) is 0 Å². The number of hydrogen-bond donors (Lipinski definition) is 1. The van der Waals surface area contributed by atoms with Crippen molar-refractivity contribution in [3.8, 4) is 5.75 Å². The molecular weight excluding hydrogens is 308 g/mol. The predicted octanol–water partition coefficient (Wildman–Crippen LogP) is 6.06. The van der Waals surface area contributed by atoms with Crippen molar-refractivity contribution in [3.05, 3.63) is 59.4 Å². The average molecular weight is 334 g/mol. The molecule has 1 aliphatic carbocycles. The zero-order valence-corrected chi connectivity index (χ0v) is 15.1. The van der Waals surface area contributed by atoms with Gasteiger partial charge in [0.25, 0.3) is 0 Å². The van der Waals surface area contributed by atoms with Crippen LogP contribution in [0.15, 0.2) is 42.5 Å². The van der Waals surface area contributed by atoms with Gasteiger partial charge in [0.2, 0.25) is 0 Å². The number of aromatic amines is 1. The minimum atomic E-state index is -0.102. The first-order chi connectivity index (χ1) is 12.2. The van der Waals surface area contributed by atoms with Gasteiger partial charge in [0.1, 0.15) is 11.6 Å².